The molecule has 0 fully saturated rings. The Labute approximate surface area is 190 Å². The maximum atomic E-state index is 11.9. The Morgan fingerprint density at radius 3 is 2.57 bits per heavy atom. The number of nitrogens with zero attached hydrogens (tertiary/aromatic N) is 2. The summed E-state index contributed by atoms with van der Waals surface area (Å²) in [5.74, 6) is 0.704. The van der Waals surface area contributed by atoms with Gasteiger partial charge in [-0.2, -0.15) is 0 Å². The molecule has 9 heteroatoms. The SMILES string of the molecule is CCCCC(CNC(=O)OC(C)(C)C)NC(=NC)NCc1ncc(CC)s1.I. The number of aryl methyl sites for hydroxylation is 1. The number of ether oxygens (including phenoxy) is 1. The summed E-state index contributed by atoms with van der Waals surface area (Å²) in [6.45, 7) is 11.0. The third kappa shape index (κ3) is 11.7. The number of hydrogen-bond acceptors (Lipinski definition) is 5. The average molecular weight is 526 g/mol. The van der Waals surface area contributed by atoms with Crippen LogP contribution in [-0.4, -0.2) is 42.3 Å². The molecule has 1 unspecified atom stereocenters. The number of thiazole rings is 1. The van der Waals surface area contributed by atoms with Gasteiger partial charge < -0.3 is 20.7 Å². The fraction of sp³-hybridized carbons (Fsp3) is 0.737. The standard InChI is InChI=1S/C19H35N5O2S.HI/c1-7-9-10-14(11-23-18(25)26-19(3,4)5)24-17(20-6)22-13-16-21-12-15(8-2)27-16;/h12,14H,7-11,13H2,1-6H3,(H,23,25)(H2,20,22,24);1H. The summed E-state index contributed by atoms with van der Waals surface area (Å²) < 4.78 is 5.31. The number of hydrogen-bond donors (Lipinski definition) is 3. The van der Waals surface area contributed by atoms with E-state index in [0.29, 0.717) is 19.0 Å². The van der Waals surface area contributed by atoms with Gasteiger partial charge in [-0.05, 0) is 33.6 Å². The zero-order valence-electron chi connectivity index (χ0n) is 17.9. The predicted octanol–water partition coefficient (Wildman–Crippen LogP) is 4.07. The van der Waals surface area contributed by atoms with Gasteiger partial charge in [0.1, 0.15) is 10.6 Å². The highest BCUT2D eigenvalue weighted by molar-refractivity contribution is 14.0. The van der Waals surface area contributed by atoms with Crippen LogP contribution in [0.3, 0.4) is 0 Å². The highest BCUT2D eigenvalue weighted by Crippen LogP contribution is 2.12. The van der Waals surface area contributed by atoms with Crippen molar-refractivity contribution in [2.24, 2.45) is 4.99 Å². The molecule has 0 saturated heterocycles. The van der Waals surface area contributed by atoms with E-state index in [1.165, 1.54) is 4.88 Å². The lowest BCUT2D eigenvalue weighted by atomic mass is 10.1. The Morgan fingerprint density at radius 1 is 1.32 bits per heavy atom. The van der Waals surface area contributed by atoms with E-state index in [9.17, 15) is 4.79 Å². The number of aromatic nitrogens is 1. The van der Waals surface area contributed by atoms with E-state index >= 15 is 0 Å². The van der Waals surface area contributed by atoms with Crippen molar-refractivity contribution in [2.75, 3.05) is 13.6 Å². The van der Waals surface area contributed by atoms with Crippen molar-refractivity contribution in [1.82, 2.24) is 20.9 Å². The molecule has 0 bridgehead atoms. The summed E-state index contributed by atoms with van der Waals surface area (Å²) in [6.07, 6.45) is 5.62. The highest BCUT2D eigenvalue weighted by Gasteiger charge is 2.18. The van der Waals surface area contributed by atoms with Gasteiger partial charge >= 0.3 is 6.09 Å². The lowest BCUT2D eigenvalue weighted by Crippen LogP contribution is -2.48. The molecule has 1 rings (SSSR count). The summed E-state index contributed by atoms with van der Waals surface area (Å²) in [4.78, 5) is 21.9. The van der Waals surface area contributed by atoms with Crippen molar-refractivity contribution in [3.8, 4) is 0 Å². The Bertz CT molecular complexity index is 601. The van der Waals surface area contributed by atoms with Crippen molar-refractivity contribution in [3.05, 3.63) is 16.1 Å². The molecule has 0 aliphatic carbocycles. The first kappa shape index (κ1) is 26.9. The first-order chi connectivity index (χ1) is 12.8. The van der Waals surface area contributed by atoms with Gasteiger partial charge in [0.15, 0.2) is 5.96 Å². The second-order valence-electron chi connectivity index (χ2n) is 7.37. The second kappa shape index (κ2) is 14.0. The molecular formula is C19H36IN5O2S. The normalized spacial score (nSPS) is 12.7. The van der Waals surface area contributed by atoms with Gasteiger partial charge in [0.25, 0.3) is 0 Å². The number of halogens is 1. The lowest BCUT2D eigenvalue weighted by Gasteiger charge is -2.24. The molecule has 7 nitrogen and oxygen atoms in total. The fourth-order valence-corrected chi connectivity index (χ4v) is 3.14. The van der Waals surface area contributed by atoms with E-state index in [1.54, 1.807) is 18.4 Å². The molecule has 1 aromatic heterocycles. The van der Waals surface area contributed by atoms with Crippen LogP contribution in [0.4, 0.5) is 4.79 Å². The van der Waals surface area contributed by atoms with Gasteiger partial charge in [-0.3, -0.25) is 4.99 Å². The number of aliphatic imine (C=N–C) groups is 1. The molecule has 0 aliphatic heterocycles. The van der Waals surface area contributed by atoms with Gasteiger partial charge in [-0.1, -0.05) is 26.7 Å². The molecule has 162 valence electrons. The third-order valence-corrected chi connectivity index (χ3v) is 4.86. The van der Waals surface area contributed by atoms with Crippen LogP contribution in [0.5, 0.6) is 0 Å². The monoisotopic (exact) mass is 525 g/mol. The first-order valence-corrected chi connectivity index (χ1v) is 10.5. The van der Waals surface area contributed by atoms with E-state index in [0.717, 1.165) is 30.7 Å². The number of unbranched alkanes of at least 4 members (excludes halogenated alkanes) is 1. The van der Waals surface area contributed by atoms with E-state index in [-0.39, 0.29) is 30.0 Å². The maximum Gasteiger partial charge on any atom is 0.407 e. The smallest absolute Gasteiger partial charge is 0.407 e. The zero-order chi connectivity index (χ0) is 20.3. The number of alkyl carbamates (subject to hydrolysis) is 1. The van der Waals surface area contributed by atoms with Gasteiger partial charge in [0.05, 0.1) is 6.54 Å². The van der Waals surface area contributed by atoms with E-state index in [2.05, 4.69) is 39.8 Å². The number of nitrogens with one attached hydrogen (secondary N) is 3. The summed E-state index contributed by atoms with van der Waals surface area (Å²) in [5.41, 5.74) is -0.501. The minimum atomic E-state index is -0.501. The molecular weight excluding hydrogens is 489 g/mol. The van der Waals surface area contributed by atoms with Crippen LogP contribution in [-0.2, 0) is 17.7 Å². The lowest BCUT2D eigenvalue weighted by molar-refractivity contribution is 0.0523. The van der Waals surface area contributed by atoms with Crippen LogP contribution in [0.2, 0.25) is 0 Å². The molecule has 3 N–H and O–H groups in total. The van der Waals surface area contributed by atoms with Gasteiger partial charge in [-0.15, -0.1) is 35.3 Å². The summed E-state index contributed by atoms with van der Waals surface area (Å²) >= 11 is 1.71. The van der Waals surface area contributed by atoms with Crippen molar-refractivity contribution in [3.63, 3.8) is 0 Å². The molecule has 28 heavy (non-hydrogen) atoms. The Morgan fingerprint density at radius 2 is 2.04 bits per heavy atom. The van der Waals surface area contributed by atoms with Crippen LogP contribution < -0.4 is 16.0 Å². The number of guanidine groups is 1. The van der Waals surface area contributed by atoms with Crippen LogP contribution in [0.25, 0.3) is 0 Å². The fourth-order valence-electron chi connectivity index (χ4n) is 2.34. The molecule has 0 spiro atoms. The Hall–Kier alpha value is -1.10. The summed E-state index contributed by atoms with van der Waals surface area (Å²) in [7, 11) is 1.74. The van der Waals surface area contributed by atoms with Crippen LogP contribution in [0, 0.1) is 0 Å². The van der Waals surface area contributed by atoms with Crippen LogP contribution in [0.1, 0.15) is 63.8 Å². The maximum absolute atomic E-state index is 11.9. The first-order valence-electron chi connectivity index (χ1n) is 9.65. The minimum absolute atomic E-state index is 0. The molecule has 0 aromatic carbocycles. The van der Waals surface area contributed by atoms with Crippen molar-refractivity contribution in [1.29, 1.82) is 0 Å². The van der Waals surface area contributed by atoms with E-state index in [1.807, 2.05) is 27.0 Å². The minimum Gasteiger partial charge on any atom is -0.444 e. The van der Waals surface area contributed by atoms with Gasteiger partial charge in [0, 0.05) is 30.7 Å². The van der Waals surface area contributed by atoms with Gasteiger partial charge in [-0.25, -0.2) is 9.78 Å². The summed E-state index contributed by atoms with van der Waals surface area (Å²) in [6, 6.07) is 0.0752. The number of carbonyl (C=O) groups is 1. The number of carbonyl (C=O) groups excluding carboxylic acids is 1. The molecule has 1 atom stereocenters. The molecule has 1 heterocycles. The van der Waals surface area contributed by atoms with E-state index in [4.69, 9.17) is 4.74 Å². The largest absolute Gasteiger partial charge is 0.444 e. The predicted molar refractivity (Wildman–Crippen MR) is 128 cm³/mol. The molecule has 1 amide bonds. The zero-order valence-corrected chi connectivity index (χ0v) is 21.1. The third-order valence-electron chi connectivity index (χ3n) is 3.72. The summed E-state index contributed by atoms with van der Waals surface area (Å²) in [5, 5.41) is 10.6. The van der Waals surface area contributed by atoms with Gasteiger partial charge in [0.2, 0.25) is 0 Å². The van der Waals surface area contributed by atoms with Crippen molar-refractivity contribution >= 4 is 47.4 Å². The molecule has 0 saturated carbocycles. The molecule has 0 aliphatic rings. The molecule has 0 radical (unpaired) electrons. The number of rotatable bonds is 9. The second-order valence-corrected chi connectivity index (χ2v) is 8.57. The Balaban J connectivity index is 0.00000729. The Kier molecular flexibility index (Phi) is 13.4. The van der Waals surface area contributed by atoms with E-state index < -0.39 is 11.7 Å². The van der Waals surface area contributed by atoms with Crippen molar-refractivity contribution < 1.29 is 9.53 Å². The van der Waals surface area contributed by atoms with Crippen LogP contribution >= 0.6 is 35.3 Å². The average Bonchev–Trinajstić information content (AvgIpc) is 3.07. The van der Waals surface area contributed by atoms with Crippen molar-refractivity contribution in [2.45, 2.75) is 78.5 Å². The highest BCUT2D eigenvalue weighted by atomic mass is 127. The topological polar surface area (TPSA) is 87.6 Å². The molecule has 1 aromatic rings. The van der Waals surface area contributed by atoms with Crippen LogP contribution in [0.15, 0.2) is 11.2 Å². The number of amides is 1. The quantitative estimate of drug-likeness (QED) is 0.257.